The minimum atomic E-state index is 0.247. The zero-order valence-electron chi connectivity index (χ0n) is 12.0. The van der Waals surface area contributed by atoms with E-state index in [1.165, 1.54) is 9.75 Å². The van der Waals surface area contributed by atoms with E-state index in [2.05, 4.69) is 45.1 Å². The molecule has 1 aliphatic heterocycles. The van der Waals surface area contributed by atoms with Crippen LogP contribution in [0.3, 0.4) is 0 Å². The first-order valence-electron chi connectivity index (χ1n) is 6.93. The summed E-state index contributed by atoms with van der Waals surface area (Å²) in [6.07, 6.45) is 2.82. The largest absolute Gasteiger partial charge is 0.367 e. The summed E-state index contributed by atoms with van der Waals surface area (Å²) in [4.78, 5) is 2.82. The molecule has 0 radical (unpaired) electrons. The van der Waals surface area contributed by atoms with E-state index in [-0.39, 0.29) is 6.10 Å². The van der Waals surface area contributed by atoms with Crippen LogP contribution in [0.4, 0.5) is 0 Å². The quantitative estimate of drug-likeness (QED) is 0.900. The number of ether oxygens (including phenoxy) is 1. The van der Waals surface area contributed by atoms with Crippen LogP contribution in [0.25, 0.3) is 0 Å². The Bertz CT molecular complexity index is 380. The maximum absolute atomic E-state index is 6.25. The van der Waals surface area contributed by atoms with Crippen molar-refractivity contribution in [2.75, 3.05) is 13.1 Å². The number of aryl methyl sites for hydroxylation is 1. The molecular weight excluding hydrogens is 242 g/mol. The van der Waals surface area contributed by atoms with Crippen molar-refractivity contribution >= 4 is 11.3 Å². The minimum Gasteiger partial charge on any atom is -0.367 e. The smallest absolute Gasteiger partial charge is 0.104 e. The molecule has 18 heavy (non-hydrogen) atoms. The highest BCUT2D eigenvalue weighted by atomic mass is 32.1. The van der Waals surface area contributed by atoms with E-state index in [1.54, 1.807) is 0 Å². The van der Waals surface area contributed by atoms with Gasteiger partial charge in [-0.25, -0.2) is 0 Å². The van der Waals surface area contributed by atoms with Gasteiger partial charge in [-0.15, -0.1) is 11.3 Å². The number of hydrogen-bond acceptors (Lipinski definition) is 3. The van der Waals surface area contributed by atoms with E-state index < -0.39 is 0 Å². The lowest BCUT2D eigenvalue weighted by Gasteiger charge is -2.34. The van der Waals surface area contributed by atoms with Gasteiger partial charge in [0.1, 0.15) is 6.10 Å². The molecule has 3 heteroatoms. The predicted molar refractivity (Wildman–Crippen MR) is 78.3 cm³/mol. The molecular formula is C15H25NOS. The SMILES string of the molecule is CCc1ccc(C2CNCC(CC(C)(C)C)O2)s1. The van der Waals surface area contributed by atoms with Crippen molar-refractivity contribution in [2.45, 2.75) is 52.7 Å². The van der Waals surface area contributed by atoms with Crippen molar-refractivity contribution in [3.8, 4) is 0 Å². The summed E-state index contributed by atoms with van der Waals surface area (Å²) in [5.41, 5.74) is 0.332. The summed E-state index contributed by atoms with van der Waals surface area (Å²) in [6, 6.07) is 4.46. The second kappa shape index (κ2) is 5.72. The molecule has 0 aliphatic carbocycles. The van der Waals surface area contributed by atoms with E-state index in [0.29, 0.717) is 11.5 Å². The van der Waals surface area contributed by atoms with Crippen LogP contribution in [0.5, 0.6) is 0 Å². The third kappa shape index (κ3) is 3.81. The van der Waals surface area contributed by atoms with Crippen LogP contribution >= 0.6 is 11.3 Å². The van der Waals surface area contributed by atoms with Crippen LogP contribution in [0, 0.1) is 5.41 Å². The first kappa shape index (κ1) is 14.0. The lowest BCUT2D eigenvalue weighted by molar-refractivity contribution is -0.0536. The fraction of sp³-hybridized carbons (Fsp3) is 0.733. The molecule has 2 atom stereocenters. The average molecular weight is 267 g/mol. The lowest BCUT2D eigenvalue weighted by Crippen LogP contribution is -2.41. The van der Waals surface area contributed by atoms with Gasteiger partial charge >= 0.3 is 0 Å². The maximum atomic E-state index is 6.25. The molecule has 102 valence electrons. The topological polar surface area (TPSA) is 21.3 Å². The summed E-state index contributed by atoms with van der Waals surface area (Å²) in [6.45, 7) is 11.0. The number of nitrogens with one attached hydrogen (secondary N) is 1. The number of rotatable bonds is 3. The lowest BCUT2D eigenvalue weighted by atomic mass is 9.88. The van der Waals surface area contributed by atoms with E-state index >= 15 is 0 Å². The zero-order valence-corrected chi connectivity index (χ0v) is 12.8. The Morgan fingerprint density at radius 2 is 2.11 bits per heavy atom. The van der Waals surface area contributed by atoms with Gasteiger partial charge in [0.15, 0.2) is 0 Å². The van der Waals surface area contributed by atoms with Gasteiger partial charge < -0.3 is 10.1 Å². The minimum absolute atomic E-state index is 0.247. The van der Waals surface area contributed by atoms with Gasteiger partial charge in [-0.1, -0.05) is 27.7 Å². The fourth-order valence-electron chi connectivity index (χ4n) is 2.43. The highest BCUT2D eigenvalue weighted by Gasteiger charge is 2.27. The Balaban J connectivity index is 1.98. The highest BCUT2D eigenvalue weighted by Crippen LogP contribution is 2.31. The van der Waals surface area contributed by atoms with Crippen LogP contribution in [0.15, 0.2) is 12.1 Å². The van der Waals surface area contributed by atoms with Gasteiger partial charge in [0.2, 0.25) is 0 Å². The van der Waals surface area contributed by atoms with Gasteiger partial charge in [-0.2, -0.15) is 0 Å². The van der Waals surface area contributed by atoms with Crippen molar-refractivity contribution < 1.29 is 4.74 Å². The van der Waals surface area contributed by atoms with Gasteiger partial charge in [0.05, 0.1) is 6.10 Å². The third-order valence-corrected chi connectivity index (χ3v) is 4.57. The molecule has 1 aromatic heterocycles. The molecule has 1 fully saturated rings. The molecule has 0 amide bonds. The second-order valence-corrected chi connectivity index (χ2v) is 7.53. The normalized spacial score (nSPS) is 25.3. The third-order valence-electron chi connectivity index (χ3n) is 3.25. The molecule has 0 aromatic carbocycles. The molecule has 1 aliphatic rings. The van der Waals surface area contributed by atoms with Crippen molar-refractivity contribution in [1.82, 2.24) is 5.32 Å². The van der Waals surface area contributed by atoms with Gasteiger partial charge in [-0.05, 0) is 30.4 Å². The van der Waals surface area contributed by atoms with Crippen LogP contribution in [-0.2, 0) is 11.2 Å². The molecule has 0 saturated carbocycles. The molecule has 0 bridgehead atoms. The maximum Gasteiger partial charge on any atom is 0.104 e. The molecule has 1 aromatic rings. The number of thiophene rings is 1. The molecule has 2 nitrogen and oxygen atoms in total. The zero-order chi connectivity index (χ0) is 13.2. The fourth-order valence-corrected chi connectivity index (χ4v) is 3.42. The standard InChI is InChI=1S/C15H25NOS/c1-5-12-6-7-14(18-12)13-10-16-9-11(17-13)8-15(2,3)4/h6-7,11,13,16H,5,8-10H2,1-4H3. The molecule has 2 rings (SSSR count). The highest BCUT2D eigenvalue weighted by molar-refractivity contribution is 7.12. The Labute approximate surface area is 115 Å². The van der Waals surface area contributed by atoms with Gasteiger partial charge in [-0.3, -0.25) is 0 Å². The second-order valence-electron chi connectivity index (χ2n) is 6.33. The van der Waals surface area contributed by atoms with E-state index in [9.17, 15) is 0 Å². The van der Waals surface area contributed by atoms with E-state index in [4.69, 9.17) is 4.74 Å². The molecule has 1 saturated heterocycles. The summed E-state index contributed by atoms with van der Waals surface area (Å²) >= 11 is 1.89. The molecule has 2 unspecified atom stereocenters. The molecule has 2 heterocycles. The first-order valence-corrected chi connectivity index (χ1v) is 7.74. The van der Waals surface area contributed by atoms with Gasteiger partial charge in [0.25, 0.3) is 0 Å². The Morgan fingerprint density at radius 3 is 2.72 bits per heavy atom. The van der Waals surface area contributed by atoms with Crippen LogP contribution in [0.2, 0.25) is 0 Å². The predicted octanol–water partition coefficient (Wildman–Crippen LogP) is 3.78. The summed E-state index contributed by atoms with van der Waals surface area (Å²) < 4.78 is 6.25. The van der Waals surface area contributed by atoms with Crippen LogP contribution < -0.4 is 5.32 Å². The van der Waals surface area contributed by atoms with Crippen molar-refractivity contribution in [3.63, 3.8) is 0 Å². The van der Waals surface area contributed by atoms with E-state index in [0.717, 1.165) is 25.9 Å². The van der Waals surface area contributed by atoms with Crippen LogP contribution in [0.1, 0.15) is 50.0 Å². The molecule has 0 spiro atoms. The van der Waals surface area contributed by atoms with E-state index in [1.807, 2.05) is 11.3 Å². The van der Waals surface area contributed by atoms with Gasteiger partial charge in [0, 0.05) is 22.8 Å². The Hall–Kier alpha value is -0.380. The number of morpholine rings is 1. The first-order chi connectivity index (χ1) is 8.48. The van der Waals surface area contributed by atoms with Crippen LogP contribution in [-0.4, -0.2) is 19.2 Å². The Kier molecular flexibility index (Phi) is 4.46. The van der Waals surface area contributed by atoms with Crippen molar-refractivity contribution in [3.05, 3.63) is 21.9 Å². The average Bonchev–Trinajstić information content (AvgIpc) is 2.75. The summed E-state index contributed by atoms with van der Waals surface area (Å²) in [5.74, 6) is 0. The Morgan fingerprint density at radius 1 is 1.33 bits per heavy atom. The monoisotopic (exact) mass is 267 g/mol. The number of hydrogen-bond donors (Lipinski definition) is 1. The summed E-state index contributed by atoms with van der Waals surface area (Å²) in [7, 11) is 0. The summed E-state index contributed by atoms with van der Waals surface area (Å²) in [5, 5.41) is 3.51. The molecule has 1 N–H and O–H groups in total. The van der Waals surface area contributed by atoms with Crippen molar-refractivity contribution in [1.29, 1.82) is 0 Å². The van der Waals surface area contributed by atoms with Crippen molar-refractivity contribution in [2.24, 2.45) is 5.41 Å².